The van der Waals surface area contributed by atoms with Gasteiger partial charge in [0, 0.05) is 0 Å². The van der Waals surface area contributed by atoms with E-state index in [1.807, 2.05) is 30.3 Å². The van der Waals surface area contributed by atoms with Gasteiger partial charge in [-0.15, -0.1) is 0 Å². The third kappa shape index (κ3) is 6.42. The van der Waals surface area contributed by atoms with Crippen LogP contribution < -0.4 is 16.4 Å². The van der Waals surface area contributed by atoms with Crippen LogP contribution in [0.25, 0.3) is 0 Å². The molecular formula is C14H19N3O4. The van der Waals surface area contributed by atoms with Gasteiger partial charge in [-0.1, -0.05) is 37.3 Å². The first-order valence-electron chi connectivity index (χ1n) is 6.56. The van der Waals surface area contributed by atoms with Crippen molar-refractivity contribution in [2.45, 2.75) is 26.0 Å². The Morgan fingerprint density at radius 2 is 1.90 bits per heavy atom. The summed E-state index contributed by atoms with van der Waals surface area (Å²) in [4.78, 5) is 33.9. The van der Waals surface area contributed by atoms with Crippen LogP contribution in [0.5, 0.6) is 0 Å². The number of carbonyl (C=O) groups excluding carboxylic acids is 3. The lowest BCUT2D eigenvalue weighted by molar-refractivity contribution is -0.126. The zero-order valence-corrected chi connectivity index (χ0v) is 11.8. The van der Waals surface area contributed by atoms with Gasteiger partial charge in [0.1, 0.15) is 19.2 Å². The number of nitrogens with two attached hydrogens (primary N) is 1. The number of rotatable bonds is 7. The molecule has 1 atom stereocenters. The Balaban J connectivity index is 2.26. The number of ether oxygens (including phenoxy) is 1. The zero-order chi connectivity index (χ0) is 15.7. The molecule has 0 aromatic heterocycles. The number of hydrogen-bond acceptors (Lipinski definition) is 4. The highest BCUT2D eigenvalue weighted by atomic mass is 16.5. The van der Waals surface area contributed by atoms with Crippen molar-refractivity contribution in [1.82, 2.24) is 10.6 Å². The Kier molecular flexibility index (Phi) is 6.73. The first-order chi connectivity index (χ1) is 10.0. The van der Waals surface area contributed by atoms with Gasteiger partial charge in [0.15, 0.2) is 0 Å². The van der Waals surface area contributed by atoms with Gasteiger partial charge in [-0.05, 0) is 12.0 Å². The minimum Gasteiger partial charge on any atom is -0.445 e. The smallest absolute Gasteiger partial charge is 0.407 e. The number of nitrogens with one attached hydrogen (secondary N) is 2. The molecule has 0 aliphatic rings. The second kappa shape index (κ2) is 8.57. The van der Waals surface area contributed by atoms with Gasteiger partial charge in [0.25, 0.3) is 0 Å². The molecule has 1 aromatic rings. The molecule has 0 unspecified atom stereocenters. The van der Waals surface area contributed by atoms with Crippen LogP contribution in [-0.2, 0) is 20.9 Å². The first-order valence-corrected chi connectivity index (χ1v) is 6.56. The van der Waals surface area contributed by atoms with Gasteiger partial charge < -0.3 is 21.1 Å². The highest BCUT2D eigenvalue weighted by Crippen LogP contribution is 2.00. The van der Waals surface area contributed by atoms with Crippen molar-refractivity contribution in [2.24, 2.45) is 5.73 Å². The van der Waals surface area contributed by atoms with E-state index in [0.29, 0.717) is 6.42 Å². The quantitative estimate of drug-likeness (QED) is 0.671. The molecule has 0 spiro atoms. The first kappa shape index (κ1) is 16.5. The van der Waals surface area contributed by atoms with Gasteiger partial charge in [-0.3, -0.25) is 9.59 Å². The number of benzene rings is 1. The highest BCUT2D eigenvalue weighted by Gasteiger charge is 2.16. The van der Waals surface area contributed by atoms with Gasteiger partial charge >= 0.3 is 6.09 Å². The lowest BCUT2D eigenvalue weighted by Crippen LogP contribution is -2.47. The van der Waals surface area contributed by atoms with Gasteiger partial charge in [0.05, 0.1) is 0 Å². The predicted octanol–water partition coefficient (Wildman–Crippen LogP) is 0.293. The summed E-state index contributed by atoms with van der Waals surface area (Å²) < 4.78 is 4.94. The van der Waals surface area contributed by atoms with Gasteiger partial charge in [-0.2, -0.15) is 0 Å². The molecule has 1 aromatic carbocycles. The maximum atomic E-state index is 11.5. The molecule has 1 rings (SSSR count). The third-order valence-corrected chi connectivity index (χ3v) is 2.69. The Morgan fingerprint density at radius 3 is 2.48 bits per heavy atom. The second-order valence-corrected chi connectivity index (χ2v) is 4.35. The molecule has 0 radical (unpaired) electrons. The van der Waals surface area contributed by atoms with Crippen LogP contribution in [-0.4, -0.2) is 30.5 Å². The molecule has 21 heavy (non-hydrogen) atoms. The number of amides is 3. The molecular weight excluding hydrogens is 274 g/mol. The van der Waals surface area contributed by atoms with E-state index in [9.17, 15) is 14.4 Å². The van der Waals surface area contributed by atoms with Gasteiger partial charge in [-0.25, -0.2) is 4.79 Å². The highest BCUT2D eigenvalue weighted by molar-refractivity contribution is 5.88. The monoisotopic (exact) mass is 293 g/mol. The Morgan fingerprint density at radius 1 is 1.24 bits per heavy atom. The lowest BCUT2D eigenvalue weighted by atomic mass is 10.2. The van der Waals surface area contributed by atoms with Crippen molar-refractivity contribution in [3.8, 4) is 0 Å². The molecule has 0 aliphatic carbocycles. The van der Waals surface area contributed by atoms with Crippen LogP contribution in [0.2, 0.25) is 0 Å². The summed E-state index contributed by atoms with van der Waals surface area (Å²) in [5, 5.41) is 4.71. The summed E-state index contributed by atoms with van der Waals surface area (Å²) >= 11 is 0. The number of alkyl carbamates (subject to hydrolysis) is 1. The zero-order valence-electron chi connectivity index (χ0n) is 11.8. The molecule has 0 fully saturated rings. The third-order valence-electron chi connectivity index (χ3n) is 2.69. The largest absolute Gasteiger partial charge is 0.445 e. The van der Waals surface area contributed by atoms with E-state index < -0.39 is 23.9 Å². The van der Waals surface area contributed by atoms with Crippen molar-refractivity contribution in [3.05, 3.63) is 35.9 Å². The molecule has 4 N–H and O–H groups in total. The molecule has 0 bridgehead atoms. The minimum atomic E-state index is -0.736. The molecule has 0 saturated heterocycles. The van der Waals surface area contributed by atoms with Crippen LogP contribution in [0.4, 0.5) is 4.79 Å². The fourth-order valence-corrected chi connectivity index (χ4v) is 1.55. The van der Waals surface area contributed by atoms with E-state index >= 15 is 0 Å². The molecule has 114 valence electrons. The molecule has 3 amide bonds. The van der Waals surface area contributed by atoms with Crippen molar-refractivity contribution >= 4 is 17.9 Å². The second-order valence-electron chi connectivity index (χ2n) is 4.35. The van der Waals surface area contributed by atoms with E-state index in [4.69, 9.17) is 10.5 Å². The summed E-state index contributed by atoms with van der Waals surface area (Å²) in [6.07, 6.45) is -0.319. The van der Waals surface area contributed by atoms with Crippen LogP contribution in [0.15, 0.2) is 30.3 Å². The van der Waals surface area contributed by atoms with E-state index in [0.717, 1.165) is 5.56 Å². The maximum absolute atomic E-state index is 11.5. The molecule has 7 heteroatoms. The summed E-state index contributed by atoms with van der Waals surface area (Å²) in [6, 6.07) is 8.42. The standard InChI is InChI=1S/C14H19N3O4/c1-2-11(13(15)19)17-12(18)8-16-14(20)21-9-10-6-4-3-5-7-10/h3-7,11H,2,8-9H2,1H3,(H2,15,19)(H,16,20)(H,17,18)/t11-/m1/s1. The predicted molar refractivity (Wildman–Crippen MR) is 76.0 cm³/mol. The molecule has 0 saturated carbocycles. The summed E-state index contributed by atoms with van der Waals surface area (Å²) in [5.41, 5.74) is 5.94. The number of hydrogen-bond donors (Lipinski definition) is 3. The topological polar surface area (TPSA) is 111 Å². The molecule has 7 nitrogen and oxygen atoms in total. The normalized spacial score (nSPS) is 11.3. The van der Waals surface area contributed by atoms with Crippen molar-refractivity contribution in [3.63, 3.8) is 0 Å². The van der Waals surface area contributed by atoms with Gasteiger partial charge in [0.2, 0.25) is 11.8 Å². The Hall–Kier alpha value is -2.57. The Bertz CT molecular complexity index is 490. The summed E-state index contributed by atoms with van der Waals surface area (Å²) in [5.74, 6) is -1.12. The SMILES string of the molecule is CC[C@@H](NC(=O)CNC(=O)OCc1ccccc1)C(N)=O. The number of primary amides is 1. The van der Waals surface area contributed by atoms with Crippen molar-refractivity contribution < 1.29 is 19.1 Å². The fourth-order valence-electron chi connectivity index (χ4n) is 1.55. The Labute approximate surface area is 122 Å². The lowest BCUT2D eigenvalue weighted by Gasteiger charge is -2.13. The number of carbonyl (C=O) groups is 3. The van der Waals surface area contributed by atoms with Crippen molar-refractivity contribution in [1.29, 1.82) is 0 Å². The van der Waals surface area contributed by atoms with Crippen LogP contribution in [0, 0.1) is 0 Å². The fraction of sp³-hybridized carbons (Fsp3) is 0.357. The van der Waals surface area contributed by atoms with Crippen LogP contribution in [0.3, 0.4) is 0 Å². The maximum Gasteiger partial charge on any atom is 0.407 e. The van der Waals surface area contributed by atoms with E-state index in [2.05, 4.69) is 10.6 Å². The van der Waals surface area contributed by atoms with Crippen LogP contribution >= 0.6 is 0 Å². The summed E-state index contributed by atoms with van der Waals surface area (Å²) in [6.45, 7) is 1.56. The van der Waals surface area contributed by atoms with Crippen LogP contribution in [0.1, 0.15) is 18.9 Å². The van der Waals surface area contributed by atoms with E-state index in [1.54, 1.807) is 6.92 Å². The van der Waals surface area contributed by atoms with E-state index in [1.165, 1.54) is 0 Å². The molecule has 0 heterocycles. The average Bonchev–Trinajstić information content (AvgIpc) is 2.49. The minimum absolute atomic E-state index is 0.118. The molecule has 0 aliphatic heterocycles. The van der Waals surface area contributed by atoms with Crippen molar-refractivity contribution in [2.75, 3.05) is 6.54 Å². The summed E-state index contributed by atoms with van der Waals surface area (Å²) in [7, 11) is 0. The van der Waals surface area contributed by atoms with E-state index in [-0.39, 0.29) is 13.2 Å². The average molecular weight is 293 g/mol.